The molecule has 0 fully saturated rings. The lowest BCUT2D eigenvalue weighted by atomic mass is 9.86. The molecule has 2 heteroatoms. The van der Waals surface area contributed by atoms with Gasteiger partial charge in [-0.15, -0.1) is 0 Å². The molecule has 0 rings (SSSR count). The van der Waals surface area contributed by atoms with Crippen LogP contribution in [-0.4, -0.2) is 24.3 Å². The fourth-order valence-corrected chi connectivity index (χ4v) is 1.06. The van der Waals surface area contributed by atoms with Crippen LogP contribution in [0.1, 0.15) is 33.6 Å². The molecule has 0 spiro atoms. The van der Waals surface area contributed by atoms with Gasteiger partial charge in [-0.1, -0.05) is 20.3 Å². The van der Waals surface area contributed by atoms with E-state index in [1.165, 1.54) is 0 Å². The van der Waals surface area contributed by atoms with E-state index >= 15 is 0 Å². The number of rotatable bonds is 5. The zero-order valence-corrected chi connectivity index (χ0v) is 8.15. The Hall–Kier alpha value is -0.0800. The molecule has 0 amide bonds. The number of nitrogens with one attached hydrogen (secondary N) is 1. The average Bonchev–Trinajstić information content (AvgIpc) is 1.99. The van der Waals surface area contributed by atoms with Gasteiger partial charge in [-0.3, -0.25) is 0 Å². The fraction of sp³-hybridized carbons (Fsp3) is 1.00. The molecule has 0 aliphatic rings. The second kappa shape index (κ2) is 4.73. The van der Waals surface area contributed by atoms with Crippen LogP contribution in [0.15, 0.2) is 0 Å². The summed E-state index contributed by atoms with van der Waals surface area (Å²) < 4.78 is 0. The highest BCUT2D eigenvalue weighted by molar-refractivity contribution is 4.78. The Morgan fingerprint density at radius 2 is 2.09 bits per heavy atom. The molecule has 2 N–H and O–H groups in total. The Bertz CT molecular complexity index is 102. The predicted octanol–water partition coefficient (Wildman–Crippen LogP) is 1.39. The molecule has 0 aromatic carbocycles. The zero-order valence-electron chi connectivity index (χ0n) is 8.15. The Morgan fingerprint density at radius 1 is 1.55 bits per heavy atom. The van der Waals surface area contributed by atoms with Crippen LogP contribution < -0.4 is 5.32 Å². The average molecular weight is 159 g/mol. The van der Waals surface area contributed by atoms with Crippen LogP contribution in [0.4, 0.5) is 0 Å². The maximum atomic E-state index is 9.87. The first kappa shape index (κ1) is 10.9. The summed E-state index contributed by atoms with van der Waals surface area (Å²) in [5, 5.41) is 12.9. The minimum absolute atomic E-state index is 0.385. The molecule has 68 valence electrons. The van der Waals surface area contributed by atoms with E-state index in [9.17, 15) is 5.11 Å². The standard InChI is InChI=1S/C9H21NO/c1-5-8(2)9(3,11)6-7-10-4/h8,10-11H,5-7H2,1-4H3. The molecule has 0 saturated heterocycles. The van der Waals surface area contributed by atoms with E-state index in [4.69, 9.17) is 0 Å². The van der Waals surface area contributed by atoms with E-state index in [2.05, 4.69) is 19.2 Å². The molecule has 0 aromatic heterocycles. The Morgan fingerprint density at radius 3 is 2.45 bits per heavy atom. The van der Waals surface area contributed by atoms with E-state index in [1.807, 2.05) is 14.0 Å². The third kappa shape index (κ3) is 3.73. The van der Waals surface area contributed by atoms with Crippen molar-refractivity contribution in [2.24, 2.45) is 5.92 Å². The maximum Gasteiger partial charge on any atom is 0.0657 e. The smallest absolute Gasteiger partial charge is 0.0657 e. The second-order valence-electron chi connectivity index (χ2n) is 3.52. The third-order valence-electron chi connectivity index (χ3n) is 2.56. The summed E-state index contributed by atoms with van der Waals surface area (Å²) in [7, 11) is 1.91. The Labute approximate surface area is 70.0 Å². The van der Waals surface area contributed by atoms with Gasteiger partial charge in [0.25, 0.3) is 0 Å². The number of aliphatic hydroxyl groups is 1. The van der Waals surface area contributed by atoms with Crippen LogP contribution in [0.3, 0.4) is 0 Å². The van der Waals surface area contributed by atoms with E-state index in [0.717, 1.165) is 19.4 Å². The van der Waals surface area contributed by atoms with Crippen LogP contribution in [0.25, 0.3) is 0 Å². The lowest BCUT2D eigenvalue weighted by Crippen LogP contribution is -2.35. The molecule has 0 radical (unpaired) electrons. The van der Waals surface area contributed by atoms with Crippen molar-refractivity contribution in [3.8, 4) is 0 Å². The highest BCUT2D eigenvalue weighted by atomic mass is 16.3. The maximum absolute atomic E-state index is 9.87. The summed E-state index contributed by atoms with van der Waals surface area (Å²) >= 11 is 0. The third-order valence-corrected chi connectivity index (χ3v) is 2.56. The van der Waals surface area contributed by atoms with Crippen molar-refractivity contribution in [1.82, 2.24) is 5.32 Å². The largest absolute Gasteiger partial charge is 0.390 e. The van der Waals surface area contributed by atoms with Gasteiger partial charge in [0.05, 0.1) is 5.60 Å². The van der Waals surface area contributed by atoms with Crippen molar-refractivity contribution in [2.75, 3.05) is 13.6 Å². The van der Waals surface area contributed by atoms with E-state index in [0.29, 0.717) is 5.92 Å². The molecule has 0 aliphatic heterocycles. The summed E-state index contributed by atoms with van der Waals surface area (Å²) in [5.74, 6) is 0.385. The SMILES string of the molecule is CCC(C)C(C)(O)CCNC. The molecular weight excluding hydrogens is 138 g/mol. The summed E-state index contributed by atoms with van der Waals surface area (Å²) in [6, 6.07) is 0. The fourth-order valence-electron chi connectivity index (χ4n) is 1.06. The van der Waals surface area contributed by atoms with Crippen molar-refractivity contribution in [3.05, 3.63) is 0 Å². The van der Waals surface area contributed by atoms with Crippen molar-refractivity contribution in [1.29, 1.82) is 0 Å². The zero-order chi connectivity index (χ0) is 8.91. The molecule has 0 saturated carbocycles. The summed E-state index contributed by atoms with van der Waals surface area (Å²) in [4.78, 5) is 0. The molecule has 11 heavy (non-hydrogen) atoms. The molecule has 2 unspecified atom stereocenters. The first-order valence-electron chi connectivity index (χ1n) is 4.41. The van der Waals surface area contributed by atoms with Gasteiger partial charge in [-0.25, -0.2) is 0 Å². The van der Waals surface area contributed by atoms with Crippen molar-refractivity contribution >= 4 is 0 Å². The molecule has 2 nitrogen and oxygen atoms in total. The molecule has 0 aliphatic carbocycles. The number of hydrogen-bond acceptors (Lipinski definition) is 2. The minimum Gasteiger partial charge on any atom is -0.390 e. The van der Waals surface area contributed by atoms with Gasteiger partial charge in [0, 0.05) is 0 Å². The van der Waals surface area contributed by atoms with Gasteiger partial charge in [-0.05, 0) is 32.9 Å². The van der Waals surface area contributed by atoms with Crippen LogP contribution in [0, 0.1) is 5.92 Å². The molecule has 2 atom stereocenters. The van der Waals surface area contributed by atoms with Gasteiger partial charge in [-0.2, -0.15) is 0 Å². The lowest BCUT2D eigenvalue weighted by molar-refractivity contribution is -0.00228. The van der Waals surface area contributed by atoms with Gasteiger partial charge < -0.3 is 10.4 Å². The summed E-state index contributed by atoms with van der Waals surface area (Å²) in [6.07, 6.45) is 1.87. The first-order valence-corrected chi connectivity index (χ1v) is 4.41. The molecule has 0 heterocycles. The highest BCUT2D eigenvalue weighted by Gasteiger charge is 2.25. The second-order valence-corrected chi connectivity index (χ2v) is 3.52. The predicted molar refractivity (Wildman–Crippen MR) is 48.6 cm³/mol. The van der Waals surface area contributed by atoms with Crippen molar-refractivity contribution in [3.63, 3.8) is 0 Å². The molecular formula is C9H21NO. The van der Waals surface area contributed by atoms with Crippen LogP contribution >= 0.6 is 0 Å². The molecule has 0 aromatic rings. The quantitative estimate of drug-likeness (QED) is 0.635. The highest BCUT2D eigenvalue weighted by Crippen LogP contribution is 2.22. The van der Waals surface area contributed by atoms with E-state index in [-0.39, 0.29) is 0 Å². The van der Waals surface area contributed by atoms with E-state index in [1.54, 1.807) is 0 Å². The Kier molecular flexibility index (Phi) is 4.69. The van der Waals surface area contributed by atoms with E-state index < -0.39 is 5.60 Å². The monoisotopic (exact) mass is 159 g/mol. The van der Waals surface area contributed by atoms with Crippen LogP contribution in [0.5, 0.6) is 0 Å². The Balaban J connectivity index is 3.77. The van der Waals surface area contributed by atoms with Gasteiger partial charge in [0.1, 0.15) is 0 Å². The van der Waals surface area contributed by atoms with Gasteiger partial charge in [0.15, 0.2) is 0 Å². The van der Waals surface area contributed by atoms with Crippen LogP contribution in [0.2, 0.25) is 0 Å². The van der Waals surface area contributed by atoms with Gasteiger partial charge >= 0.3 is 0 Å². The van der Waals surface area contributed by atoms with Crippen LogP contribution in [-0.2, 0) is 0 Å². The summed E-state index contributed by atoms with van der Waals surface area (Å²) in [6.45, 7) is 7.00. The lowest BCUT2D eigenvalue weighted by Gasteiger charge is -2.29. The summed E-state index contributed by atoms with van der Waals surface area (Å²) in [5.41, 5.74) is -0.502. The topological polar surface area (TPSA) is 32.3 Å². The number of hydrogen-bond donors (Lipinski definition) is 2. The normalized spacial score (nSPS) is 19.4. The van der Waals surface area contributed by atoms with Gasteiger partial charge in [0.2, 0.25) is 0 Å². The van der Waals surface area contributed by atoms with Crippen molar-refractivity contribution in [2.45, 2.75) is 39.2 Å². The van der Waals surface area contributed by atoms with Crippen molar-refractivity contribution < 1.29 is 5.11 Å². The molecule has 0 bridgehead atoms. The minimum atomic E-state index is -0.502. The first-order chi connectivity index (χ1) is 5.04.